The number of aliphatic hydroxyl groups excluding tert-OH is 1. The number of H-pyrrole nitrogens is 1. The number of aromatic nitrogens is 5. The number of anilines is 1. The predicted octanol–water partition coefficient (Wildman–Crippen LogP) is 6.01. The van der Waals surface area contributed by atoms with Gasteiger partial charge < -0.3 is 14.7 Å². The third-order valence-corrected chi connectivity index (χ3v) is 10.9. The number of hydrogen-bond donors (Lipinski definition) is 2. The molecule has 0 aliphatic carbocycles. The second-order valence-electron chi connectivity index (χ2n) is 13.5. The van der Waals surface area contributed by atoms with Gasteiger partial charge >= 0.3 is 6.01 Å². The molecule has 5 aliphatic heterocycles. The first-order chi connectivity index (χ1) is 21.9. The molecule has 0 spiro atoms. The van der Waals surface area contributed by atoms with E-state index in [2.05, 4.69) is 25.0 Å². The predicted molar refractivity (Wildman–Crippen MR) is 169 cm³/mol. The largest absolute Gasteiger partial charge is 0.461 e. The Kier molecular flexibility index (Phi) is 7.53. The number of pyridine rings is 1. The number of benzene rings is 1. The quantitative estimate of drug-likeness (QED) is 0.282. The van der Waals surface area contributed by atoms with Crippen LogP contribution in [0.3, 0.4) is 0 Å². The monoisotopic (exact) mass is 637 g/mol. The van der Waals surface area contributed by atoms with Gasteiger partial charge in [-0.25, -0.2) is 8.78 Å². The third kappa shape index (κ3) is 5.20. The topological polar surface area (TPSA) is 103 Å². The number of aliphatic hydroxyl groups is 1. The average Bonchev–Trinajstić information content (AvgIpc) is 3.72. The molecule has 8 heterocycles. The molecule has 1 unspecified atom stereocenters. The van der Waals surface area contributed by atoms with Crippen molar-refractivity contribution in [2.45, 2.75) is 82.0 Å². The molecular weight excluding hydrogens is 600 g/mol. The van der Waals surface area contributed by atoms with Crippen molar-refractivity contribution >= 4 is 39.2 Å². The number of nitrogens with one attached hydrogen (secondary N) is 1. The summed E-state index contributed by atoms with van der Waals surface area (Å²) < 4.78 is 37.8. The van der Waals surface area contributed by atoms with Gasteiger partial charge in [0.15, 0.2) is 5.82 Å². The summed E-state index contributed by atoms with van der Waals surface area (Å²) in [6.07, 6.45) is 9.92. The number of halogens is 3. The van der Waals surface area contributed by atoms with Gasteiger partial charge in [0.05, 0.1) is 28.7 Å². The summed E-state index contributed by atoms with van der Waals surface area (Å²) in [5.41, 5.74) is 1.99. The minimum Gasteiger partial charge on any atom is -0.461 e. The van der Waals surface area contributed by atoms with Crippen molar-refractivity contribution in [3.8, 4) is 17.3 Å². The molecule has 3 aromatic heterocycles. The summed E-state index contributed by atoms with van der Waals surface area (Å²) in [5, 5.41) is 19.9. The maximum atomic E-state index is 17.0. The Labute approximate surface area is 265 Å². The Morgan fingerprint density at radius 1 is 1.09 bits per heavy atom. The lowest BCUT2D eigenvalue weighted by molar-refractivity contribution is 0.107. The summed E-state index contributed by atoms with van der Waals surface area (Å²) >= 11 is 6.83. The zero-order valence-corrected chi connectivity index (χ0v) is 26.0. The number of piperidine rings is 1. The van der Waals surface area contributed by atoms with E-state index in [0.29, 0.717) is 66.1 Å². The normalized spacial score (nSPS) is 27.5. The Morgan fingerprint density at radius 2 is 2.00 bits per heavy atom. The Bertz CT molecular complexity index is 1750. The molecular formula is C33H38ClF2N7O2. The molecule has 9 nitrogen and oxygen atoms in total. The maximum absolute atomic E-state index is 17.0. The molecule has 4 atom stereocenters. The van der Waals surface area contributed by atoms with Gasteiger partial charge in [-0.05, 0) is 75.5 Å². The lowest BCUT2D eigenvalue weighted by Crippen LogP contribution is -2.43. The first kappa shape index (κ1) is 29.3. The number of nitrogens with zero attached hydrogens (tertiary/aromatic N) is 6. The first-order valence-corrected chi connectivity index (χ1v) is 16.7. The third-order valence-electron chi connectivity index (χ3n) is 10.5. The van der Waals surface area contributed by atoms with Gasteiger partial charge in [0.1, 0.15) is 29.8 Å². The van der Waals surface area contributed by atoms with Gasteiger partial charge in [0.25, 0.3) is 0 Å². The molecule has 2 N–H and O–H groups in total. The number of fused-ring (bicyclic) bond motifs is 8. The molecule has 0 saturated carbocycles. The summed E-state index contributed by atoms with van der Waals surface area (Å²) in [7, 11) is 0. The van der Waals surface area contributed by atoms with Gasteiger partial charge in [-0.1, -0.05) is 18.0 Å². The van der Waals surface area contributed by atoms with Crippen LogP contribution in [0.25, 0.3) is 33.1 Å². The second-order valence-corrected chi connectivity index (χ2v) is 13.9. The van der Waals surface area contributed by atoms with Crippen LogP contribution in [-0.2, 0) is 6.42 Å². The van der Waals surface area contributed by atoms with Crippen LogP contribution in [0.4, 0.5) is 14.6 Å². The first-order valence-electron chi connectivity index (χ1n) is 16.3. The molecule has 0 radical (unpaired) electrons. The number of hydrogen-bond acceptors (Lipinski definition) is 8. The molecule has 1 aromatic carbocycles. The zero-order chi connectivity index (χ0) is 30.7. The Hall–Kier alpha value is -3.15. The smallest absolute Gasteiger partial charge is 0.319 e. The van der Waals surface area contributed by atoms with E-state index in [-0.39, 0.29) is 35.3 Å². The molecule has 4 aromatic rings. The standard InChI is InChI=1S/C33H38ClF2N7O2/c34-25-12-26-23(15-38-41-26)27-22(25)7-2-1-6-21(44)11-19-5-3-9-42(16-19)31-24-14-37-30(27)28(36)29(24)39-32(40-31)45-18-33-8-4-10-43(33)17-20(35)13-33/h12,14-15,19-21,44H,1-11,13,16-18H2,(H,38,41)/t19-,20+,21?,33-/m0/s1. The molecule has 12 heteroatoms. The summed E-state index contributed by atoms with van der Waals surface area (Å²) in [6.45, 7) is 2.96. The van der Waals surface area contributed by atoms with Crippen LogP contribution < -0.4 is 9.64 Å². The highest BCUT2D eigenvalue weighted by Gasteiger charge is 2.49. The van der Waals surface area contributed by atoms with Crippen molar-refractivity contribution in [2.24, 2.45) is 5.92 Å². The summed E-state index contributed by atoms with van der Waals surface area (Å²) in [5.74, 6) is 0.298. The highest BCUT2D eigenvalue weighted by atomic mass is 35.5. The number of alkyl halides is 1. The van der Waals surface area contributed by atoms with Gasteiger partial charge in [0, 0.05) is 48.2 Å². The van der Waals surface area contributed by atoms with Crippen molar-refractivity contribution in [2.75, 3.05) is 37.7 Å². The van der Waals surface area contributed by atoms with Crippen LogP contribution in [-0.4, -0.2) is 85.8 Å². The van der Waals surface area contributed by atoms with E-state index in [1.165, 1.54) is 0 Å². The molecule has 3 saturated heterocycles. The fraction of sp³-hybridized carbons (Fsp3) is 0.576. The van der Waals surface area contributed by atoms with E-state index in [9.17, 15) is 9.50 Å². The van der Waals surface area contributed by atoms with Gasteiger partial charge in [-0.2, -0.15) is 15.1 Å². The molecule has 45 heavy (non-hydrogen) atoms. The van der Waals surface area contributed by atoms with Crippen molar-refractivity contribution in [1.82, 2.24) is 30.0 Å². The van der Waals surface area contributed by atoms with E-state index in [1.54, 1.807) is 12.4 Å². The van der Waals surface area contributed by atoms with Crippen LogP contribution in [0.1, 0.15) is 63.4 Å². The maximum Gasteiger partial charge on any atom is 0.319 e. The number of ether oxygens (including phenoxy) is 1. The molecule has 3 fully saturated rings. The molecule has 5 aliphatic rings. The van der Waals surface area contributed by atoms with E-state index in [1.807, 2.05) is 6.07 Å². The minimum absolute atomic E-state index is 0.0835. The van der Waals surface area contributed by atoms with Crippen molar-refractivity contribution in [1.29, 1.82) is 0 Å². The average molecular weight is 638 g/mol. The van der Waals surface area contributed by atoms with Crippen molar-refractivity contribution in [3.05, 3.63) is 34.9 Å². The number of rotatable bonds is 3. The van der Waals surface area contributed by atoms with E-state index in [0.717, 1.165) is 62.6 Å². The minimum atomic E-state index is -0.882. The van der Waals surface area contributed by atoms with Crippen LogP contribution in [0.5, 0.6) is 6.01 Å². The van der Waals surface area contributed by atoms with Crippen molar-refractivity contribution in [3.63, 3.8) is 0 Å². The SMILES string of the molecule is OC1CCCCc2c(Cl)cc3[nH]ncc3c2-c2ncc3c(nc(OC[C@@]45CCCN4C[C@H](F)C5)nc3c2F)N2CCC[C@@H](C1)C2. The van der Waals surface area contributed by atoms with Crippen LogP contribution >= 0.6 is 11.6 Å². The lowest BCUT2D eigenvalue weighted by atomic mass is 9.89. The highest BCUT2D eigenvalue weighted by Crippen LogP contribution is 2.42. The number of aromatic amines is 1. The van der Waals surface area contributed by atoms with E-state index in [4.69, 9.17) is 26.3 Å². The van der Waals surface area contributed by atoms with Gasteiger partial charge in [-0.3, -0.25) is 15.0 Å². The van der Waals surface area contributed by atoms with Crippen LogP contribution in [0.2, 0.25) is 5.02 Å². The molecule has 9 rings (SSSR count). The van der Waals surface area contributed by atoms with Gasteiger partial charge in [0.2, 0.25) is 0 Å². The molecule has 238 valence electrons. The van der Waals surface area contributed by atoms with Crippen LogP contribution in [0, 0.1) is 11.7 Å². The molecule has 6 bridgehead atoms. The van der Waals surface area contributed by atoms with E-state index >= 15 is 4.39 Å². The summed E-state index contributed by atoms with van der Waals surface area (Å²) in [6, 6.07) is 1.91. The van der Waals surface area contributed by atoms with Crippen LogP contribution in [0.15, 0.2) is 18.5 Å². The lowest BCUT2D eigenvalue weighted by Gasteiger charge is -2.35. The van der Waals surface area contributed by atoms with Gasteiger partial charge in [-0.15, -0.1) is 0 Å². The van der Waals surface area contributed by atoms with Crippen molar-refractivity contribution < 1.29 is 18.6 Å². The highest BCUT2D eigenvalue weighted by molar-refractivity contribution is 6.33. The zero-order valence-electron chi connectivity index (χ0n) is 25.2. The Morgan fingerprint density at radius 3 is 2.91 bits per heavy atom. The summed E-state index contributed by atoms with van der Waals surface area (Å²) in [4.78, 5) is 18.6. The fourth-order valence-corrected chi connectivity index (χ4v) is 8.70. The van der Waals surface area contributed by atoms with E-state index < -0.39 is 18.1 Å². The second kappa shape index (κ2) is 11.6. The molecule has 0 amide bonds. The fourth-order valence-electron chi connectivity index (χ4n) is 8.40. The Balaban J connectivity index is 1.29.